The van der Waals surface area contributed by atoms with Crippen LogP contribution in [0.15, 0.2) is 18.2 Å². The van der Waals surface area contributed by atoms with E-state index >= 15 is 0 Å². The summed E-state index contributed by atoms with van der Waals surface area (Å²) >= 11 is 0. The number of hydrogen-bond acceptors (Lipinski definition) is 5. The van der Waals surface area contributed by atoms with E-state index in [9.17, 15) is 9.59 Å². The molecule has 1 aromatic rings. The van der Waals surface area contributed by atoms with Crippen molar-refractivity contribution in [2.75, 3.05) is 0 Å². The number of esters is 2. The van der Waals surface area contributed by atoms with Crippen LogP contribution >= 0.6 is 0 Å². The molecule has 0 heterocycles. The molecule has 0 N–H and O–H groups in total. The standard InChI is InChI=1S/C17H24O5/c1-10(2)16(18)21-14-9-7-8-13(20-12(5)6)15(14)22-17(19)11(3)4/h7-12H,1-6H3. The summed E-state index contributed by atoms with van der Waals surface area (Å²) in [6, 6.07) is 4.94. The Kier molecular flexibility index (Phi) is 6.40. The van der Waals surface area contributed by atoms with Crippen molar-refractivity contribution in [1.82, 2.24) is 0 Å². The molecule has 0 aromatic heterocycles. The minimum absolute atomic E-state index is 0.104. The fraction of sp³-hybridized carbons (Fsp3) is 0.529. The van der Waals surface area contributed by atoms with Gasteiger partial charge in [-0.3, -0.25) is 9.59 Å². The van der Waals surface area contributed by atoms with Crippen LogP contribution in [0.3, 0.4) is 0 Å². The van der Waals surface area contributed by atoms with Crippen LogP contribution in [0.2, 0.25) is 0 Å². The third-order valence-corrected chi connectivity index (χ3v) is 2.66. The van der Waals surface area contributed by atoms with Gasteiger partial charge in [-0.2, -0.15) is 0 Å². The molecule has 0 saturated heterocycles. The van der Waals surface area contributed by atoms with Crippen LogP contribution in [-0.2, 0) is 9.59 Å². The van der Waals surface area contributed by atoms with Gasteiger partial charge in [-0.1, -0.05) is 33.8 Å². The SMILES string of the molecule is CC(C)Oc1cccc(OC(=O)C(C)C)c1OC(=O)C(C)C. The summed E-state index contributed by atoms with van der Waals surface area (Å²) < 4.78 is 16.3. The molecule has 5 nitrogen and oxygen atoms in total. The topological polar surface area (TPSA) is 61.8 Å². The van der Waals surface area contributed by atoms with E-state index in [-0.39, 0.29) is 29.4 Å². The number of benzene rings is 1. The molecule has 0 bridgehead atoms. The van der Waals surface area contributed by atoms with Crippen LogP contribution < -0.4 is 14.2 Å². The van der Waals surface area contributed by atoms with Crippen molar-refractivity contribution in [2.24, 2.45) is 11.8 Å². The van der Waals surface area contributed by atoms with Gasteiger partial charge in [-0.25, -0.2) is 0 Å². The van der Waals surface area contributed by atoms with E-state index < -0.39 is 11.9 Å². The number of para-hydroxylation sites is 1. The molecule has 0 radical (unpaired) electrons. The van der Waals surface area contributed by atoms with Gasteiger partial charge in [-0.05, 0) is 26.0 Å². The second-order valence-corrected chi connectivity index (χ2v) is 5.90. The zero-order valence-electron chi connectivity index (χ0n) is 14.0. The first-order valence-corrected chi connectivity index (χ1v) is 7.45. The summed E-state index contributed by atoms with van der Waals surface area (Å²) in [7, 11) is 0. The average Bonchev–Trinajstić information content (AvgIpc) is 2.41. The zero-order chi connectivity index (χ0) is 16.9. The van der Waals surface area contributed by atoms with E-state index in [2.05, 4.69) is 0 Å². The van der Waals surface area contributed by atoms with Gasteiger partial charge in [0.25, 0.3) is 0 Å². The van der Waals surface area contributed by atoms with Crippen molar-refractivity contribution in [3.8, 4) is 17.2 Å². The molecule has 0 aliphatic heterocycles. The summed E-state index contributed by atoms with van der Waals surface area (Å²) in [5, 5.41) is 0. The molecule has 22 heavy (non-hydrogen) atoms. The predicted molar refractivity (Wildman–Crippen MR) is 83.2 cm³/mol. The maximum absolute atomic E-state index is 11.9. The predicted octanol–water partition coefficient (Wildman–Crippen LogP) is 3.60. The van der Waals surface area contributed by atoms with Crippen molar-refractivity contribution in [1.29, 1.82) is 0 Å². The minimum Gasteiger partial charge on any atom is -0.487 e. The van der Waals surface area contributed by atoms with Crippen LogP contribution in [0.1, 0.15) is 41.5 Å². The van der Waals surface area contributed by atoms with Gasteiger partial charge in [-0.15, -0.1) is 0 Å². The second kappa shape index (κ2) is 7.82. The zero-order valence-corrected chi connectivity index (χ0v) is 14.0. The quantitative estimate of drug-likeness (QED) is 0.593. The monoisotopic (exact) mass is 308 g/mol. The fourth-order valence-corrected chi connectivity index (χ4v) is 1.47. The number of carbonyl (C=O) groups excluding carboxylic acids is 2. The van der Waals surface area contributed by atoms with E-state index in [0.29, 0.717) is 5.75 Å². The van der Waals surface area contributed by atoms with Gasteiger partial charge in [0, 0.05) is 0 Å². The molecule has 0 saturated carbocycles. The second-order valence-electron chi connectivity index (χ2n) is 5.90. The van der Waals surface area contributed by atoms with Crippen molar-refractivity contribution < 1.29 is 23.8 Å². The fourth-order valence-electron chi connectivity index (χ4n) is 1.47. The molecule has 5 heteroatoms. The Morgan fingerprint density at radius 3 is 1.82 bits per heavy atom. The molecule has 1 rings (SSSR count). The lowest BCUT2D eigenvalue weighted by Gasteiger charge is -2.18. The molecule has 0 unspecified atom stereocenters. The smallest absolute Gasteiger partial charge is 0.314 e. The molecule has 1 aromatic carbocycles. The molecular weight excluding hydrogens is 284 g/mol. The highest BCUT2D eigenvalue weighted by Gasteiger charge is 2.21. The Balaban J connectivity index is 3.18. The molecule has 0 atom stereocenters. The Hall–Kier alpha value is -2.04. The maximum atomic E-state index is 11.9. The lowest BCUT2D eigenvalue weighted by Crippen LogP contribution is -2.19. The van der Waals surface area contributed by atoms with Gasteiger partial charge in [0.05, 0.1) is 17.9 Å². The molecule has 122 valence electrons. The molecule has 0 amide bonds. The maximum Gasteiger partial charge on any atom is 0.314 e. The van der Waals surface area contributed by atoms with E-state index in [1.54, 1.807) is 45.9 Å². The van der Waals surface area contributed by atoms with E-state index in [1.807, 2.05) is 13.8 Å². The summed E-state index contributed by atoms with van der Waals surface area (Å²) in [5.41, 5.74) is 0. The first-order chi connectivity index (χ1) is 10.2. The van der Waals surface area contributed by atoms with E-state index in [0.717, 1.165) is 0 Å². The van der Waals surface area contributed by atoms with Crippen molar-refractivity contribution in [2.45, 2.75) is 47.6 Å². The number of hydrogen-bond donors (Lipinski definition) is 0. The van der Waals surface area contributed by atoms with Gasteiger partial charge < -0.3 is 14.2 Å². The van der Waals surface area contributed by atoms with Gasteiger partial charge in [0.2, 0.25) is 5.75 Å². The third kappa shape index (κ3) is 5.06. The summed E-state index contributed by atoms with van der Waals surface area (Å²) in [6.07, 6.45) is -0.104. The van der Waals surface area contributed by atoms with Crippen LogP contribution in [-0.4, -0.2) is 18.0 Å². The normalized spacial score (nSPS) is 11.0. The van der Waals surface area contributed by atoms with Gasteiger partial charge in [0.1, 0.15) is 0 Å². The van der Waals surface area contributed by atoms with Crippen LogP contribution in [0, 0.1) is 11.8 Å². The van der Waals surface area contributed by atoms with E-state index in [4.69, 9.17) is 14.2 Å². The van der Waals surface area contributed by atoms with Gasteiger partial charge >= 0.3 is 11.9 Å². The largest absolute Gasteiger partial charge is 0.487 e. The van der Waals surface area contributed by atoms with Gasteiger partial charge in [0.15, 0.2) is 11.5 Å². The summed E-state index contributed by atoms with van der Waals surface area (Å²) in [5.74, 6) is -0.706. The average molecular weight is 308 g/mol. The Morgan fingerprint density at radius 1 is 0.818 bits per heavy atom. The summed E-state index contributed by atoms with van der Waals surface area (Å²) in [4.78, 5) is 23.7. The molecule has 0 aliphatic rings. The minimum atomic E-state index is -0.415. The lowest BCUT2D eigenvalue weighted by atomic mass is 10.2. The number of rotatable bonds is 6. The Morgan fingerprint density at radius 2 is 1.32 bits per heavy atom. The van der Waals surface area contributed by atoms with Crippen LogP contribution in [0.4, 0.5) is 0 Å². The highest BCUT2D eigenvalue weighted by atomic mass is 16.6. The van der Waals surface area contributed by atoms with Crippen LogP contribution in [0.25, 0.3) is 0 Å². The van der Waals surface area contributed by atoms with E-state index in [1.165, 1.54) is 0 Å². The molecular formula is C17H24O5. The molecule has 0 aliphatic carbocycles. The first kappa shape index (κ1) is 18.0. The first-order valence-electron chi connectivity index (χ1n) is 7.45. The number of carbonyl (C=O) groups is 2. The van der Waals surface area contributed by atoms with Crippen molar-refractivity contribution >= 4 is 11.9 Å². The lowest BCUT2D eigenvalue weighted by molar-refractivity contribution is -0.140. The Labute approximate surface area is 131 Å². The Bertz CT molecular complexity index is 532. The van der Waals surface area contributed by atoms with Crippen molar-refractivity contribution in [3.63, 3.8) is 0 Å². The number of ether oxygens (including phenoxy) is 3. The van der Waals surface area contributed by atoms with Crippen LogP contribution in [0.5, 0.6) is 17.2 Å². The molecule has 0 spiro atoms. The highest BCUT2D eigenvalue weighted by Crippen LogP contribution is 2.38. The van der Waals surface area contributed by atoms with Crippen molar-refractivity contribution in [3.05, 3.63) is 18.2 Å². The highest BCUT2D eigenvalue weighted by molar-refractivity contribution is 5.79. The third-order valence-electron chi connectivity index (χ3n) is 2.66. The summed E-state index contributed by atoms with van der Waals surface area (Å²) in [6.45, 7) is 10.6. The molecule has 0 fully saturated rings.